The van der Waals surface area contributed by atoms with Crippen LogP contribution in [-0.4, -0.2) is 31.0 Å². The van der Waals surface area contributed by atoms with Crippen LogP contribution in [0, 0.1) is 0 Å². The Hall–Kier alpha value is -4.83. The van der Waals surface area contributed by atoms with Crippen molar-refractivity contribution in [2.24, 2.45) is 4.99 Å². The molecule has 0 amide bonds. The number of fused-ring (bicyclic) bond motifs is 2. The number of ether oxygens (including phenoxy) is 5. The van der Waals surface area contributed by atoms with E-state index in [1.54, 1.807) is 43.7 Å². The molecule has 0 radical (unpaired) electrons. The summed E-state index contributed by atoms with van der Waals surface area (Å²) in [4.78, 5) is 32.2. The first kappa shape index (κ1) is 27.3. The summed E-state index contributed by atoms with van der Waals surface area (Å²) >= 11 is 1.25. The third-order valence-corrected chi connectivity index (χ3v) is 7.93. The van der Waals surface area contributed by atoms with E-state index in [-0.39, 0.29) is 19.0 Å². The maximum atomic E-state index is 13.9. The van der Waals surface area contributed by atoms with Gasteiger partial charge in [0.1, 0.15) is 6.61 Å². The van der Waals surface area contributed by atoms with Gasteiger partial charge in [0, 0.05) is 0 Å². The molecular weight excluding hydrogens is 556 g/mol. The standard InChI is InChI=1S/C32H28N2O7S/c1-4-38-31(36)28-19(2)33-32-34(29(28)22-11-13-24-26(16-22)41-18-40-24)30(35)27(42-32)15-21-10-12-23(25(14-21)37-3)39-17-20-8-6-5-7-9-20/h5-16,29H,4,17-18H2,1-3H3/b27-15-/t29-/m0/s1. The van der Waals surface area contributed by atoms with Crippen LogP contribution in [0.4, 0.5) is 0 Å². The number of esters is 1. The molecule has 3 heterocycles. The lowest BCUT2D eigenvalue weighted by Crippen LogP contribution is -2.39. The first-order chi connectivity index (χ1) is 20.5. The van der Waals surface area contributed by atoms with Crippen molar-refractivity contribution in [3.8, 4) is 23.0 Å². The molecule has 0 N–H and O–H groups in total. The van der Waals surface area contributed by atoms with Crippen LogP contribution in [0.1, 0.15) is 36.6 Å². The minimum Gasteiger partial charge on any atom is -0.493 e. The molecular formula is C32H28N2O7S. The molecule has 2 aliphatic rings. The van der Waals surface area contributed by atoms with Crippen molar-refractivity contribution in [2.75, 3.05) is 20.5 Å². The van der Waals surface area contributed by atoms with Crippen molar-refractivity contribution in [2.45, 2.75) is 26.5 Å². The van der Waals surface area contributed by atoms with E-state index < -0.39 is 12.0 Å². The van der Waals surface area contributed by atoms with E-state index in [4.69, 9.17) is 23.7 Å². The Kier molecular flexibility index (Phi) is 7.54. The van der Waals surface area contributed by atoms with Gasteiger partial charge in [0.15, 0.2) is 27.8 Å². The van der Waals surface area contributed by atoms with Crippen LogP contribution >= 0.6 is 11.3 Å². The molecule has 10 heteroatoms. The fourth-order valence-electron chi connectivity index (χ4n) is 4.97. The Balaban J connectivity index is 1.40. The van der Waals surface area contributed by atoms with E-state index in [9.17, 15) is 9.59 Å². The predicted octanol–water partition coefficient (Wildman–Crippen LogP) is 4.11. The average Bonchev–Trinajstić information content (AvgIpc) is 3.59. The molecule has 4 aromatic rings. The van der Waals surface area contributed by atoms with E-state index >= 15 is 0 Å². The molecule has 3 aromatic carbocycles. The number of thiazole rings is 1. The molecule has 214 valence electrons. The van der Waals surface area contributed by atoms with Gasteiger partial charge in [-0.1, -0.05) is 53.8 Å². The molecule has 6 rings (SSSR count). The molecule has 0 saturated heterocycles. The van der Waals surface area contributed by atoms with Gasteiger partial charge in [0.2, 0.25) is 6.79 Å². The smallest absolute Gasteiger partial charge is 0.338 e. The Morgan fingerprint density at radius 1 is 1.07 bits per heavy atom. The van der Waals surface area contributed by atoms with Gasteiger partial charge in [-0.25, -0.2) is 9.79 Å². The molecule has 0 spiro atoms. The Morgan fingerprint density at radius 2 is 1.88 bits per heavy atom. The number of benzene rings is 3. The van der Waals surface area contributed by atoms with Crippen molar-refractivity contribution in [1.29, 1.82) is 0 Å². The lowest BCUT2D eigenvalue weighted by Gasteiger charge is -2.24. The summed E-state index contributed by atoms with van der Waals surface area (Å²) in [5, 5.41) is 0. The normalized spacial score (nSPS) is 15.7. The van der Waals surface area contributed by atoms with Crippen LogP contribution in [0.15, 0.2) is 87.8 Å². The minimum absolute atomic E-state index is 0.112. The number of allylic oxidation sites excluding steroid dienone is 1. The summed E-state index contributed by atoms with van der Waals surface area (Å²) in [6.07, 6.45) is 1.79. The zero-order valence-electron chi connectivity index (χ0n) is 23.3. The van der Waals surface area contributed by atoms with Crippen LogP contribution in [0.25, 0.3) is 6.08 Å². The van der Waals surface area contributed by atoms with E-state index in [2.05, 4.69) is 4.99 Å². The monoisotopic (exact) mass is 584 g/mol. The van der Waals surface area contributed by atoms with Gasteiger partial charge in [0.05, 0.1) is 35.6 Å². The number of aromatic nitrogens is 1. The molecule has 9 nitrogen and oxygen atoms in total. The van der Waals surface area contributed by atoms with Crippen molar-refractivity contribution >= 4 is 23.4 Å². The first-order valence-electron chi connectivity index (χ1n) is 13.4. The number of methoxy groups -OCH3 is 1. The second-order valence-electron chi connectivity index (χ2n) is 9.60. The lowest BCUT2D eigenvalue weighted by molar-refractivity contribution is -0.139. The topological polar surface area (TPSA) is 97.6 Å². The molecule has 0 saturated carbocycles. The molecule has 2 aliphatic heterocycles. The molecule has 1 atom stereocenters. The number of carbonyl (C=O) groups excluding carboxylic acids is 1. The van der Waals surface area contributed by atoms with Gasteiger partial charge in [-0.05, 0) is 60.9 Å². The number of carbonyl (C=O) groups is 1. The summed E-state index contributed by atoms with van der Waals surface area (Å²) < 4.78 is 30.0. The van der Waals surface area contributed by atoms with Gasteiger partial charge in [0.25, 0.3) is 5.56 Å². The molecule has 0 fully saturated rings. The second-order valence-corrected chi connectivity index (χ2v) is 10.6. The van der Waals surface area contributed by atoms with E-state index in [0.717, 1.165) is 11.1 Å². The molecule has 0 bridgehead atoms. The SMILES string of the molecule is CCOC(=O)C1=C(C)N=c2s/c(=C\c3ccc(OCc4ccccc4)c(OC)c3)c(=O)n2[C@H]1c1ccc2c(c1)OCO2. The number of rotatable bonds is 8. The summed E-state index contributed by atoms with van der Waals surface area (Å²) in [5.74, 6) is 1.78. The number of hydrogen-bond acceptors (Lipinski definition) is 9. The van der Waals surface area contributed by atoms with Gasteiger partial charge < -0.3 is 23.7 Å². The highest BCUT2D eigenvalue weighted by Gasteiger charge is 2.34. The van der Waals surface area contributed by atoms with Gasteiger partial charge in [-0.3, -0.25) is 9.36 Å². The fourth-order valence-corrected chi connectivity index (χ4v) is 6.02. The molecule has 0 unspecified atom stereocenters. The maximum absolute atomic E-state index is 13.9. The highest BCUT2D eigenvalue weighted by atomic mass is 32.1. The first-order valence-corrected chi connectivity index (χ1v) is 14.2. The number of nitrogens with zero attached hydrogens (tertiary/aromatic N) is 2. The zero-order valence-corrected chi connectivity index (χ0v) is 24.1. The van der Waals surface area contributed by atoms with Crippen LogP contribution < -0.4 is 33.8 Å². The van der Waals surface area contributed by atoms with Crippen molar-refractivity contribution in [1.82, 2.24) is 4.57 Å². The molecule has 1 aromatic heterocycles. The third-order valence-electron chi connectivity index (χ3n) is 6.95. The highest BCUT2D eigenvalue weighted by Crippen LogP contribution is 2.38. The van der Waals surface area contributed by atoms with Gasteiger partial charge in [-0.15, -0.1) is 0 Å². The summed E-state index contributed by atoms with van der Waals surface area (Å²) in [5.41, 5.74) is 3.00. The number of hydrogen-bond donors (Lipinski definition) is 0. The summed E-state index contributed by atoms with van der Waals surface area (Å²) in [7, 11) is 1.58. The fraction of sp³-hybridized carbons (Fsp3) is 0.219. The van der Waals surface area contributed by atoms with E-state index in [1.807, 2.05) is 54.6 Å². The second kappa shape index (κ2) is 11.6. The highest BCUT2D eigenvalue weighted by molar-refractivity contribution is 7.07. The van der Waals surface area contributed by atoms with Crippen LogP contribution in [0.3, 0.4) is 0 Å². The maximum Gasteiger partial charge on any atom is 0.338 e. The van der Waals surface area contributed by atoms with Gasteiger partial charge >= 0.3 is 5.97 Å². The Bertz CT molecular complexity index is 1870. The van der Waals surface area contributed by atoms with Gasteiger partial charge in [-0.2, -0.15) is 0 Å². The predicted molar refractivity (Wildman–Crippen MR) is 157 cm³/mol. The van der Waals surface area contributed by atoms with Crippen molar-refractivity contribution < 1.29 is 28.5 Å². The van der Waals surface area contributed by atoms with E-state index in [1.165, 1.54) is 11.3 Å². The quantitative estimate of drug-likeness (QED) is 0.288. The molecule has 0 aliphatic carbocycles. The van der Waals surface area contributed by atoms with Crippen LogP contribution in [-0.2, 0) is 16.1 Å². The largest absolute Gasteiger partial charge is 0.493 e. The minimum atomic E-state index is -0.750. The third kappa shape index (κ3) is 5.16. The van der Waals surface area contributed by atoms with Crippen molar-refractivity contribution in [3.05, 3.63) is 114 Å². The zero-order chi connectivity index (χ0) is 29.2. The summed E-state index contributed by atoms with van der Waals surface area (Å²) in [6.45, 7) is 4.20. The van der Waals surface area contributed by atoms with E-state index in [0.29, 0.717) is 55.8 Å². The van der Waals surface area contributed by atoms with Crippen molar-refractivity contribution in [3.63, 3.8) is 0 Å². The summed E-state index contributed by atoms with van der Waals surface area (Å²) in [6, 6.07) is 20.0. The Labute approximate surface area is 245 Å². The van der Waals surface area contributed by atoms with Crippen LogP contribution in [0.5, 0.6) is 23.0 Å². The molecule has 42 heavy (non-hydrogen) atoms. The Morgan fingerprint density at radius 3 is 2.67 bits per heavy atom. The average molecular weight is 585 g/mol. The van der Waals surface area contributed by atoms with Crippen LogP contribution in [0.2, 0.25) is 0 Å². The lowest BCUT2D eigenvalue weighted by atomic mass is 9.95.